The summed E-state index contributed by atoms with van der Waals surface area (Å²) < 4.78 is 0. The van der Waals surface area contributed by atoms with Crippen LogP contribution in [0.3, 0.4) is 0 Å². The average molecular weight is 339 g/mol. The quantitative estimate of drug-likeness (QED) is 0.278. The molecule has 0 unspecified atom stereocenters. The molecule has 0 heterocycles. The number of nitrogens with zero attached hydrogens (tertiary/aromatic N) is 1. The van der Waals surface area contributed by atoms with Gasteiger partial charge in [-0.15, -0.1) is 23.5 Å². The van der Waals surface area contributed by atoms with Gasteiger partial charge in [0.05, 0.1) is 0 Å². The molecule has 0 aliphatic rings. The van der Waals surface area contributed by atoms with Crippen LogP contribution >= 0.6 is 35.1 Å². The first-order valence-corrected chi connectivity index (χ1v) is 8.76. The lowest BCUT2D eigenvalue weighted by Crippen LogP contribution is -2.15. The average Bonchev–Trinajstić information content (AvgIpc) is 2.53. The van der Waals surface area contributed by atoms with Gasteiger partial charge in [-0.2, -0.15) is 0 Å². The molecule has 110 valence electrons. The van der Waals surface area contributed by atoms with E-state index in [0.29, 0.717) is 0 Å². The van der Waals surface area contributed by atoms with Gasteiger partial charge >= 0.3 is 0 Å². The third kappa shape index (κ3) is 4.09. The van der Waals surface area contributed by atoms with E-state index in [2.05, 4.69) is 5.16 Å². The Morgan fingerprint density at radius 1 is 1.19 bits per heavy atom. The summed E-state index contributed by atoms with van der Waals surface area (Å²) in [5.41, 5.74) is 7.77. The van der Waals surface area contributed by atoms with Gasteiger partial charge in [0.25, 0.3) is 0 Å². The van der Waals surface area contributed by atoms with Crippen LogP contribution < -0.4 is 5.73 Å². The summed E-state index contributed by atoms with van der Waals surface area (Å²) in [6.45, 7) is 0. The third-order valence-electron chi connectivity index (χ3n) is 2.88. The van der Waals surface area contributed by atoms with Crippen molar-refractivity contribution in [2.45, 2.75) is 15.5 Å². The van der Waals surface area contributed by atoms with Crippen molar-refractivity contribution in [1.29, 1.82) is 0 Å². The SMILES string of the molecule is CSc1cccc(SCc2ccc(Cl)cc2)c1/C(N)=N/O. The molecular weight excluding hydrogens is 324 g/mol. The lowest BCUT2D eigenvalue weighted by molar-refractivity contribution is 0.318. The maximum atomic E-state index is 8.98. The normalized spacial score (nSPS) is 11.6. The van der Waals surface area contributed by atoms with Crippen molar-refractivity contribution < 1.29 is 5.21 Å². The third-order valence-corrected chi connectivity index (χ3v) is 5.04. The fraction of sp³-hybridized carbons (Fsp3) is 0.133. The van der Waals surface area contributed by atoms with E-state index in [-0.39, 0.29) is 5.84 Å². The molecule has 3 nitrogen and oxygen atoms in total. The molecule has 0 aliphatic carbocycles. The zero-order valence-corrected chi connectivity index (χ0v) is 13.8. The fourth-order valence-corrected chi connectivity index (χ4v) is 3.72. The predicted molar refractivity (Wildman–Crippen MR) is 91.7 cm³/mol. The Labute approximate surface area is 137 Å². The Kier molecular flexibility index (Phi) is 5.85. The van der Waals surface area contributed by atoms with Crippen molar-refractivity contribution in [1.82, 2.24) is 0 Å². The number of thioether (sulfide) groups is 2. The molecule has 0 aliphatic heterocycles. The monoisotopic (exact) mass is 338 g/mol. The van der Waals surface area contributed by atoms with Crippen molar-refractivity contribution >= 4 is 41.0 Å². The van der Waals surface area contributed by atoms with E-state index in [1.54, 1.807) is 23.5 Å². The van der Waals surface area contributed by atoms with E-state index in [4.69, 9.17) is 22.5 Å². The summed E-state index contributed by atoms with van der Waals surface area (Å²) in [5, 5.41) is 12.9. The highest BCUT2D eigenvalue weighted by atomic mass is 35.5. The maximum absolute atomic E-state index is 8.98. The van der Waals surface area contributed by atoms with Crippen LogP contribution in [0.5, 0.6) is 0 Å². The van der Waals surface area contributed by atoms with E-state index < -0.39 is 0 Å². The zero-order chi connectivity index (χ0) is 15.2. The van der Waals surface area contributed by atoms with Crippen molar-refractivity contribution in [3.8, 4) is 0 Å². The first-order valence-electron chi connectivity index (χ1n) is 6.18. The Morgan fingerprint density at radius 2 is 1.86 bits per heavy atom. The van der Waals surface area contributed by atoms with Crippen molar-refractivity contribution in [2.75, 3.05) is 6.26 Å². The van der Waals surface area contributed by atoms with Crippen LogP contribution in [0.15, 0.2) is 57.4 Å². The van der Waals surface area contributed by atoms with Crippen molar-refractivity contribution in [3.63, 3.8) is 0 Å². The van der Waals surface area contributed by atoms with Gasteiger partial charge in [0.1, 0.15) is 0 Å². The van der Waals surface area contributed by atoms with E-state index in [1.165, 1.54) is 5.56 Å². The van der Waals surface area contributed by atoms with Gasteiger partial charge in [-0.3, -0.25) is 0 Å². The van der Waals surface area contributed by atoms with Gasteiger partial charge in [0.2, 0.25) is 0 Å². The minimum atomic E-state index is 0.138. The first kappa shape index (κ1) is 16.1. The van der Waals surface area contributed by atoms with Gasteiger partial charge in [-0.05, 0) is 36.1 Å². The summed E-state index contributed by atoms with van der Waals surface area (Å²) in [6, 6.07) is 13.7. The highest BCUT2D eigenvalue weighted by molar-refractivity contribution is 7.99. The van der Waals surface area contributed by atoms with E-state index >= 15 is 0 Å². The molecule has 0 amide bonds. The number of rotatable bonds is 5. The number of amidine groups is 1. The summed E-state index contributed by atoms with van der Waals surface area (Å²) in [5.74, 6) is 0.930. The fourth-order valence-electron chi connectivity index (χ4n) is 1.85. The molecule has 0 fully saturated rings. The molecule has 6 heteroatoms. The molecule has 0 bridgehead atoms. The minimum Gasteiger partial charge on any atom is -0.409 e. The van der Waals surface area contributed by atoms with E-state index in [1.807, 2.05) is 48.7 Å². The molecule has 0 saturated heterocycles. The van der Waals surface area contributed by atoms with Crippen LogP contribution in [0.25, 0.3) is 0 Å². The topological polar surface area (TPSA) is 58.6 Å². The van der Waals surface area contributed by atoms with Gasteiger partial charge in [0, 0.05) is 26.1 Å². The summed E-state index contributed by atoms with van der Waals surface area (Å²) in [4.78, 5) is 1.98. The second-order valence-electron chi connectivity index (χ2n) is 4.23. The number of nitrogens with two attached hydrogens (primary N) is 1. The second kappa shape index (κ2) is 7.64. The standard InChI is InChI=1S/C15H15ClN2OS2/c1-20-12-3-2-4-13(14(12)15(17)18-19)21-9-10-5-7-11(16)8-6-10/h2-8,19H,9H2,1H3,(H2,17,18). The maximum Gasteiger partial charge on any atom is 0.172 e. The molecule has 2 aromatic rings. The molecule has 0 radical (unpaired) electrons. The zero-order valence-electron chi connectivity index (χ0n) is 11.4. The Balaban J connectivity index is 2.25. The number of benzene rings is 2. The summed E-state index contributed by atoms with van der Waals surface area (Å²) in [7, 11) is 0. The molecule has 0 saturated carbocycles. The molecule has 0 spiro atoms. The number of oxime groups is 1. The van der Waals surface area contributed by atoms with E-state index in [0.717, 1.165) is 26.1 Å². The van der Waals surface area contributed by atoms with Crippen LogP contribution in [0, 0.1) is 0 Å². The van der Waals surface area contributed by atoms with Crippen molar-refractivity contribution in [3.05, 3.63) is 58.6 Å². The van der Waals surface area contributed by atoms with Gasteiger partial charge in [0.15, 0.2) is 5.84 Å². The molecular formula is C15H15ClN2OS2. The Hall–Kier alpha value is -1.30. The Bertz CT molecular complexity index is 645. The molecule has 2 aromatic carbocycles. The highest BCUT2D eigenvalue weighted by Gasteiger charge is 2.12. The van der Waals surface area contributed by atoms with Crippen LogP contribution in [0.2, 0.25) is 5.02 Å². The van der Waals surface area contributed by atoms with Crippen LogP contribution in [-0.2, 0) is 5.75 Å². The van der Waals surface area contributed by atoms with Crippen LogP contribution in [0.4, 0.5) is 0 Å². The van der Waals surface area contributed by atoms with Gasteiger partial charge < -0.3 is 10.9 Å². The van der Waals surface area contributed by atoms with E-state index in [9.17, 15) is 0 Å². The first-order chi connectivity index (χ1) is 10.2. The summed E-state index contributed by atoms with van der Waals surface area (Å²) >= 11 is 9.11. The number of hydrogen-bond acceptors (Lipinski definition) is 4. The van der Waals surface area contributed by atoms with Gasteiger partial charge in [-0.1, -0.05) is 35.0 Å². The molecule has 21 heavy (non-hydrogen) atoms. The van der Waals surface area contributed by atoms with Crippen LogP contribution in [-0.4, -0.2) is 17.3 Å². The predicted octanol–water partition coefficient (Wildman–Crippen LogP) is 4.45. The molecule has 3 N–H and O–H groups in total. The highest BCUT2D eigenvalue weighted by Crippen LogP contribution is 2.32. The minimum absolute atomic E-state index is 0.138. The smallest absolute Gasteiger partial charge is 0.172 e. The lowest BCUT2D eigenvalue weighted by atomic mass is 10.2. The van der Waals surface area contributed by atoms with Gasteiger partial charge in [-0.25, -0.2) is 0 Å². The second-order valence-corrected chi connectivity index (χ2v) is 6.54. The molecule has 0 atom stereocenters. The number of hydrogen-bond donors (Lipinski definition) is 2. The largest absolute Gasteiger partial charge is 0.409 e. The van der Waals surface area contributed by atoms with Crippen molar-refractivity contribution in [2.24, 2.45) is 10.9 Å². The number of halogens is 1. The molecule has 2 rings (SSSR count). The lowest BCUT2D eigenvalue weighted by Gasteiger charge is -2.12. The molecule has 0 aromatic heterocycles. The summed E-state index contributed by atoms with van der Waals surface area (Å²) in [6.07, 6.45) is 1.97. The Morgan fingerprint density at radius 3 is 2.48 bits per heavy atom. The van der Waals surface area contributed by atoms with Crippen LogP contribution in [0.1, 0.15) is 11.1 Å².